The van der Waals surface area contributed by atoms with Gasteiger partial charge in [0.05, 0.1) is 0 Å². The maximum atomic E-state index is 13.9. The summed E-state index contributed by atoms with van der Waals surface area (Å²) in [6, 6.07) is 6.97. The summed E-state index contributed by atoms with van der Waals surface area (Å²) in [4.78, 5) is 38.4. The van der Waals surface area contributed by atoms with Crippen LogP contribution in [0.3, 0.4) is 0 Å². The molecule has 3 rings (SSSR count). The van der Waals surface area contributed by atoms with Crippen molar-refractivity contribution in [2.24, 2.45) is 11.7 Å². The van der Waals surface area contributed by atoms with Crippen molar-refractivity contribution >= 4 is 29.5 Å². The standard InChI is InChI=1S/C26H30F3N3O5S/c1-14(2)23(26(35)36)37-18-5-3-15(4-6-18)13-31-24(34)25-32(7-8-38-25)22(33)11-17(30)9-16-10-20(28)21(29)12-19(16)27/h3-6,10,12,14,17,23,25H,7-9,11,13,30H2,1-2H3,(H,31,34)(H,35,36)/t17-,23-,25-/m1/s1. The van der Waals surface area contributed by atoms with Crippen LogP contribution in [0.4, 0.5) is 13.2 Å². The predicted molar refractivity (Wildman–Crippen MR) is 136 cm³/mol. The maximum Gasteiger partial charge on any atom is 0.345 e. The molecule has 38 heavy (non-hydrogen) atoms. The quantitative estimate of drug-likeness (QED) is 0.366. The summed E-state index contributed by atoms with van der Waals surface area (Å²) in [5, 5.41) is 11.3. The molecule has 1 aliphatic heterocycles. The zero-order valence-corrected chi connectivity index (χ0v) is 21.8. The van der Waals surface area contributed by atoms with Crippen LogP contribution in [0, 0.1) is 23.4 Å². The van der Waals surface area contributed by atoms with Crippen LogP contribution < -0.4 is 15.8 Å². The maximum absolute atomic E-state index is 13.9. The minimum atomic E-state index is -1.30. The van der Waals surface area contributed by atoms with Crippen LogP contribution in [-0.4, -0.2) is 57.6 Å². The van der Waals surface area contributed by atoms with E-state index >= 15 is 0 Å². The summed E-state index contributed by atoms with van der Waals surface area (Å²) in [7, 11) is 0. The van der Waals surface area contributed by atoms with Gasteiger partial charge in [0.2, 0.25) is 5.91 Å². The number of amides is 2. The van der Waals surface area contributed by atoms with Crippen LogP contribution in [0.15, 0.2) is 36.4 Å². The number of nitrogens with zero attached hydrogens (tertiary/aromatic N) is 1. The van der Waals surface area contributed by atoms with E-state index in [1.165, 1.54) is 16.7 Å². The Bertz CT molecular complexity index is 1170. The van der Waals surface area contributed by atoms with E-state index in [1.807, 2.05) is 0 Å². The first kappa shape index (κ1) is 29.3. The molecule has 1 aliphatic rings. The Morgan fingerprint density at radius 2 is 1.79 bits per heavy atom. The summed E-state index contributed by atoms with van der Waals surface area (Å²) in [6.45, 7) is 4.01. The summed E-state index contributed by atoms with van der Waals surface area (Å²) >= 11 is 1.30. The lowest BCUT2D eigenvalue weighted by molar-refractivity contribution is -0.147. The van der Waals surface area contributed by atoms with Gasteiger partial charge in [0.1, 0.15) is 11.6 Å². The smallest absolute Gasteiger partial charge is 0.345 e. The lowest BCUT2D eigenvalue weighted by atomic mass is 10.0. The molecule has 0 bridgehead atoms. The van der Waals surface area contributed by atoms with Crippen molar-refractivity contribution in [3.8, 4) is 5.75 Å². The molecule has 1 fully saturated rings. The molecule has 4 N–H and O–H groups in total. The lowest BCUT2D eigenvalue weighted by Gasteiger charge is -2.24. The highest BCUT2D eigenvalue weighted by Gasteiger charge is 2.35. The van der Waals surface area contributed by atoms with Gasteiger partial charge in [-0.05, 0) is 35.7 Å². The molecule has 206 valence electrons. The third-order valence-corrected chi connectivity index (χ3v) is 7.15. The number of benzene rings is 2. The molecule has 12 heteroatoms. The van der Waals surface area contributed by atoms with Gasteiger partial charge in [-0.3, -0.25) is 9.59 Å². The van der Waals surface area contributed by atoms with Gasteiger partial charge in [-0.15, -0.1) is 11.8 Å². The number of thioether (sulfide) groups is 1. The highest BCUT2D eigenvalue weighted by molar-refractivity contribution is 8.00. The van der Waals surface area contributed by atoms with Crippen LogP contribution in [-0.2, 0) is 27.3 Å². The van der Waals surface area contributed by atoms with Gasteiger partial charge in [-0.25, -0.2) is 18.0 Å². The number of hydrogen-bond acceptors (Lipinski definition) is 6. The Hall–Kier alpha value is -3.25. The molecule has 0 radical (unpaired) electrons. The monoisotopic (exact) mass is 553 g/mol. The van der Waals surface area contributed by atoms with E-state index in [2.05, 4.69) is 5.32 Å². The van der Waals surface area contributed by atoms with Gasteiger partial charge in [0.25, 0.3) is 5.91 Å². The normalized spacial score (nSPS) is 16.8. The summed E-state index contributed by atoms with van der Waals surface area (Å²) in [6.07, 6.45) is -1.35. The van der Waals surface area contributed by atoms with Crippen molar-refractivity contribution in [1.82, 2.24) is 10.2 Å². The average molecular weight is 554 g/mol. The summed E-state index contributed by atoms with van der Waals surface area (Å²) < 4.78 is 46.0. The molecule has 0 aromatic heterocycles. The molecule has 1 saturated heterocycles. The second kappa shape index (κ2) is 13.0. The van der Waals surface area contributed by atoms with Crippen LogP contribution in [0.1, 0.15) is 31.4 Å². The minimum absolute atomic E-state index is 0.131. The number of ether oxygens (including phenoxy) is 1. The number of aliphatic carboxylic acids is 1. The van der Waals surface area contributed by atoms with E-state index in [0.29, 0.717) is 24.1 Å². The zero-order valence-electron chi connectivity index (χ0n) is 21.0. The second-order valence-electron chi connectivity index (χ2n) is 9.32. The Labute approximate surface area is 222 Å². The molecule has 0 spiro atoms. The van der Waals surface area contributed by atoms with Crippen molar-refractivity contribution in [3.63, 3.8) is 0 Å². The number of carboxylic acid groups (broad SMARTS) is 1. The molecule has 3 atom stereocenters. The Balaban J connectivity index is 1.52. The van der Waals surface area contributed by atoms with Crippen molar-refractivity contribution in [2.45, 2.75) is 50.8 Å². The van der Waals surface area contributed by atoms with E-state index in [1.54, 1.807) is 38.1 Å². The summed E-state index contributed by atoms with van der Waals surface area (Å²) in [5.74, 6) is -4.55. The number of carbonyl (C=O) groups excluding carboxylic acids is 2. The fraction of sp³-hybridized carbons (Fsp3) is 0.423. The predicted octanol–water partition coefficient (Wildman–Crippen LogP) is 3.07. The highest BCUT2D eigenvalue weighted by Crippen LogP contribution is 2.26. The third kappa shape index (κ3) is 7.64. The molecule has 0 saturated carbocycles. The summed E-state index contributed by atoms with van der Waals surface area (Å²) in [5.41, 5.74) is 6.60. The van der Waals surface area contributed by atoms with Gasteiger partial charge in [-0.2, -0.15) is 0 Å². The molecule has 2 aromatic carbocycles. The molecule has 0 aliphatic carbocycles. The molecule has 2 aromatic rings. The van der Waals surface area contributed by atoms with Crippen molar-refractivity contribution in [1.29, 1.82) is 0 Å². The first-order chi connectivity index (χ1) is 18.0. The fourth-order valence-electron chi connectivity index (χ4n) is 3.94. The van der Waals surface area contributed by atoms with Crippen molar-refractivity contribution in [3.05, 3.63) is 65.0 Å². The molecule has 8 nitrogen and oxygen atoms in total. The van der Waals surface area contributed by atoms with Crippen LogP contribution >= 0.6 is 11.8 Å². The first-order valence-corrected chi connectivity index (χ1v) is 13.1. The molecule has 2 amide bonds. The van der Waals surface area contributed by atoms with Crippen molar-refractivity contribution < 1.29 is 37.4 Å². The van der Waals surface area contributed by atoms with Gasteiger partial charge in [0, 0.05) is 43.3 Å². The average Bonchev–Trinajstić information content (AvgIpc) is 3.35. The van der Waals surface area contributed by atoms with Crippen LogP contribution in [0.25, 0.3) is 0 Å². The number of nitrogens with one attached hydrogen (secondary N) is 1. The largest absolute Gasteiger partial charge is 0.478 e. The van der Waals surface area contributed by atoms with E-state index in [4.69, 9.17) is 10.5 Å². The fourth-order valence-corrected chi connectivity index (χ4v) is 5.10. The molecular weight excluding hydrogens is 523 g/mol. The lowest BCUT2D eigenvalue weighted by Crippen LogP contribution is -2.46. The van der Waals surface area contributed by atoms with Crippen LogP contribution in [0.2, 0.25) is 0 Å². The minimum Gasteiger partial charge on any atom is -0.478 e. The second-order valence-corrected chi connectivity index (χ2v) is 10.5. The van der Waals surface area contributed by atoms with Gasteiger partial charge in [0.15, 0.2) is 23.1 Å². The van der Waals surface area contributed by atoms with E-state index in [-0.39, 0.29) is 36.8 Å². The molecule has 0 unspecified atom stereocenters. The van der Waals surface area contributed by atoms with Crippen molar-refractivity contribution in [2.75, 3.05) is 12.3 Å². The number of rotatable bonds is 11. The van der Waals surface area contributed by atoms with E-state index in [9.17, 15) is 32.7 Å². The van der Waals surface area contributed by atoms with E-state index < -0.39 is 46.8 Å². The number of carboxylic acids is 1. The molecule has 1 heterocycles. The Kier molecular flexibility index (Phi) is 10.0. The van der Waals surface area contributed by atoms with Crippen LogP contribution in [0.5, 0.6) is 5.75 Å². The number of carbonyl (C=O) groups is 3. The Morgan fingerprint density at radius 1 is 1.13 bits per heavy atom. The molecular formula is C26H30F3N3O5S. The first-order valence-electron chi connectivity index (χ1n) is 12.0. The highest BCUT2D eigenvalue weighted by atomic mass is 32.2. The Morgan fingerprint density at radius 3 is 2.42 bits per heavy atom. The van der Waals surface area contributed by atoms with Gasteiger partial charge in [-0.1, -0.05) is 26.0 Å². The zero-order chi connectivity index (χ0) is 28.0. The van der Waals surface area contributed by atoms with Gasteiger partial charge < -0.3 is 25.8 Å². The number of hydrogen-bond donors (Lipinski definition) is 3. The van der Waals surface area contributed by atoms with E-state index in [0.717, 1.165) is 11.6 Å². The van der Waals surface area contributed by atoms with Gasteiger partial charge >= 0.3 is 5.97 Å². The SMILES string of the molecule is CC(C)[C@@H](Oc1ccc(CNC(=O)[C@H]2SCCN2C(=O)C[C@H](N)Cc2cc(F)c(F)cc2F)cc1)C(=O)O. The topological polar surface area (TPSA) is 122 Å². The number of nitrogens with two attached hydrogens (primary N) is 1. The number of halogens is 3. The third-order valence-electron chi connectivity index (χ3n) is 5.95.